The summed E-state index contributed by atoms with van der Waals surface area (Å²) in [6.45, 7) is 1.57. The Labute approximate surface area is 165 Å². The molecule has 7 nitrogen and oxygen atoms in total. The van der Waals surface area contributed by atoms with Gasteiger partial charge in [0.1, 0.15) is 11.5 Å². The number of thioether (sulfide) groups is 1. The Morgan fingerprint density at radius 2 is 1.86 bits per heavy atom. The molecule has 0 saturated carbocycles. The van der Waals surface area contributed by atoms with Crippen molar-refractivity contribution in [2.24, 2.45) is 0 Å². The number of methoxy groups -OCH3 is 1. The lowest BCUT2D eigenvalue weighted by Crippen LogP contribution is -2.21. The van der Waals surface area contributed by atoms with Crippen LogP contribution in [0.2, 0.25) is 0 Å². The van der Waals surface area contributed by atoms with Crippen LogP contribution in [0.5, 0.6) is 5.75 Å². The molecule has 0 aliphatic carbocycles. The number of hydrogen-bond acceptors (Lipinski definition) is 6. The van der Waals surface area contributed by atoms with Crippen molar-refractivity contribution < 1.29 is 9.53 Å². The highest BCUT2D eigenvalue weighted by Gasteiger charge is 2.17. The second kappa shape index (κ2) is 7.47. The van der Waals surface area contributed by atoms with Gasteiger partial charge in [0.25, 0.3) is 5.56 Å². The molecule has 0 spiro atoms. The highest BCUT2D eigenvalue weighted by atomic mass is 32.2. The fourth-order valence-corrected chi connectivity index (χ4v) is 4.00. The summed E-state index contributed by atoms with van der Waals surface area (Å²) in [5.41, 5.74) is 1.25. The minimum absolute atomic E-state index is 0.126. The summed E-state index contributed by atoms with van der Waals surface area (Å²) in [6.07, 6.45) is 0.454. The molecule has 8 heteroatoms. The first-order valence-electron chi connectivity index (χ1n) is 8.75. The molecule has 0 unspecified atom stereocenters. The molecule has 2 aromatic carbocycles. The van der Waals surface area contributed by atoms with Crippen LogP contribution in [-0.2, 0) is 4.79 Å². The van der Waals surface area contributed by atoms with Crippen molar-refractivity contribution in [1.29, 1.82) is 0 Å². The van der Waals surface area contributed by atoms with Crippen LogP contribution >= 0.6 is 11.8 Å². The number of aromatic nitrogens is 4. The molecular formula is C20H18N4O3S. The first kappa shape index (κ1) is 18.2. The lowest BCUT2D eigenvalue weighted by Gasteiger charge is -2.11. The molecule has 142 valence electrons. The van der Waals surface area contributed by atoms with Crippen molar-refractivity contribution in [3.63, 3.8) is 0 Å². The summed E-state index contributed by atoms with van der Waals surface area (Å²) in [5, 5.41) is 9.79. The fourth-order valence-electron chi connectivity index (χ4n) is 3.02. The first-order valence-corrected chi connectivity index (χ1v) is 9.74. The van der Waals surface area contributed by atoms with Gasteiger partial charge in [0.15, 0.2) is 5.16 Å². The van der Waals surface area contributed by atoms with E-state index >= 15 is 0 Å². The zero-order chi connectivity index (χ0) is 19.7. The van der Waals surface area contributed by atoms with E-state index in [9.17, 15) is 9.59 Å². The van der Waals surface area contributed by atoms with E-state index in [1.807, 2.05) is 34.7 Å². The summed E-state index contributed by atoms with van der Waals surface area (Å²) < 4.78 is 8.62. The number of para-hydroxylation sites is 1. The predicted molar refractivity (Wildman–Crippen MR) is 109 cm³/mol. The fraction of sp³-hybridized carbons (Fsp3) is 0.200. The Bertz CT molecular complexity index is 1230. The van der Waals surface area contributed by atoms with Gasteiger partial charge in [-0.1, -0.05) is 23.9 Å². The van der Waals surface area contributed by atoms with Crippen molar-refractivity contribution in [2.75, 3.05) is 12.9 Å². The van der Waals surface area contributed by atoms with Crippen LogP contribution in [0.3, 0.4) is 0 Å². The number of carbonyl (C=O) groups is 1. The quantitative estimate of drug-likeness (QED) is 0.468. The number of fused-ring (bicyclic) bond motifs is 3. The van der Waals surface area contributed by atoms with Gasteiger partial charge < -0.3 is 4.74 Å². The van der Waals surface area contributed by atoms with Gasteiger partial charge in [0, 0.05) is 12.2 Å². The van der Waals surface area contributed by atoms with Crippen LogP contribution in [0.15, 0.2) is 58.5 Å². The van der Waals surface area contributed by atoms with Gasteiger partial charge in [-0.3, -0.25) is 14.0 Å². The van der Waals surface area contributed by atoms with Gasteiger partial charge in [0.2, 0.25) is 5.78 Å². The molecule has 0 aliphatic heterocycles. The minimum atomic E-state index is -0.166. The van der Waals surface area contributed by atoms with Crippen molar-refractivity contribution in [3.05, 3.63) is 58.9 Å². The van der Waals surface area contributed by atoms with Crippen molar-refractivity contribution >= 4 is 34.2 Å². The van der Waals surface area contributed by atoms with Crippen molar-refractivity contribution in [1.82, 2.24) is 19.2 Å². The van der Waals surface area contributed by atoms with E-state index in [0.717, 1.165) is 5.52 Å². The third kappa shape index (κ3) is 3.16. The molecule has 0 bridgehead atoms. The molecule has 0 fully saturated rings. The number of Topliss-reactive ketones (excluding diaryl/α,β-unsaturated/α-hetero) is 1. The molecule has 4 rings (SSSR count). The number of nitrogens with zero attached hydrogens (tertiary/aromatic N) is 4. The topological polar surface area (TPSA) is 78.5 Å². The summed E-state index contributed by atoms with van der Waals surface area (Å²) in [5.74, 6) is 1.86. The van der Waals surface area contributed by atoms with Crippen LogP contribution < -0.4 is 10.3 Å². The van der Waals surface area contributed by atoms with E-state index in [-0.39, 0.29) is 11.3 Å². The molecule has 0 radical (unpaired) electrons. The number of benzene rings is 2. The molecular weight excluding hydrogens is 376 g/mol. The zero-order valence-electron chi connectivity index (χ0n) is 15.5. The van der Waals surface area contributed by atoms with Crippen LogP contribution in [-0.4, -0.2) is 37.8 Å². The van der Waals surface area contributed by atoms with Crippen molar-refractivity contribution in [3.8, 4) is 11.4 Å². The van der Waals surface area contributed by atoms with Crippen LogP contribution in [0.25, 0.3) is 22.4 Å². The summed E-state index contributed by atoms with van der Waals surface area (Å²) in [4.78, 5) is 24.5. The average molecular weight is 394 g/mol. The molecule has 0 atom stereocenters. The van der Waals surface area contributed by atoms with Gasteiger partial charge in [-0.05, 0) is 43.3 Å². The molecule has 0 saturated heterocycles. The van der Waals surface area contributed by atoms with E-state index in [2.05, 4.69) is 10.2 Å². The van der Waals surface area contributed by atoms with Crippen LogP contribution in [0.4, 0.5) is 0 Å². The Morgan fingerprint density at radius 1 is 1.11 bits per heavy atom. The van der Waals surface area contributed by atoms with Gasteiger partial charge in [-0.25, -0.2) is 4.57 Å². The van der Waals surface area contributed by atoms with Crippen LogP contribution in [0, 0.1) is 0 Å². The molecule has 0 N–H and O–H groups in total. The number of rotatable bonds is 6. The zero-order valence-corrected chi connectivity index (χ0v) is 16.3. The van der Waals surface area contributed by atoms with E-state index in [1.54, 1.807) is 36.8 Å². The van der Waals surface area contributed by atoms with Crippen molar-refractivity contribution in [2.45, 2.75) is 18.5 Å². The second-order valence-electron chi connectivity index (χ2n) is 6.27. The maximum Gasteiger partial charge on any atom is 0.267 e. The molecule has 2 heterocycles. The Balaban J connectivity index is 1.96. The molecule has 0 aliphatic rings. The number of hydrogen-bond donors (Lipinski definition) is 0. The maximum atomic E-state index is 13.2. The van der Waals surface area contributed by atoms with Crippen LogP contribution in [0.1, 0.15) is 13.3 Å². The Kier molecular flexibility index (Phi) is 4.87. The number of ether oxygens (including phenoxy) is 1. The van der Waals surface area contributed by atoms with E-state index in [1.165, 1.54) is 11.8 Å². The van der Waals surface area contributed by atoms with E-state index in [0.29, 0.717) is 39.9 Å². The maximum absolute atomic E-state index is 13.2. The summed E-state index contributed by atoms with van der Waals surface area (Å²) >= 11 is 1.45. The second-order valence-corrected chi connectivity index (χ2v) is 7.34. The monoisotopic (exact) mass is 394 g/mol. The Hall–Kier alpha value is -3.13. The molecule has 4 aromatic rings. The van der Waals surface area contributed by atoms with E-state index in [4.69, 9.17) is 4.74 Å². The number of carbonyl (C=O) groups excluding carboxylic acids is 1. The van der Waals surface area contributed by atoms with Gasteiger partial charge in [-0.15, -0.1) is 10.2 Å². The molecule has 0 amide bonds. The van der Waals surface area contributed by atoms with Gasteiger partial charge in [0.05, 0.1) is 23.7 Å². The Morgan fingerprint density at radius 3 is 2.57 bits per heavy atom. The molecule has 28 heavy (non-hydrogen) atoms. The lowest BCUT2D eigenvalue weighted by molar-refractivity contribution is -0.116. The smallest absolute Gasteiger partial charge is 0.267 e. The lowest BCUT2D eigenvalue weighted by atomic mass is 10.2. The summed E-state index contributed by atoms with van der Waals surface area (Å²) in [7, 11) is 1.60. The third-order valence-corrected chi connectivity index (χ3v) is 5.34. The normalized spacial score (nSPS) is 11.2. The standard InChI is InChI=1S/C20H18N4O3S/c1-13(25)11-12-28-20-22-21-19-23(14-7-9-15(27-2)10-8-14)18(26)16-5-3-4-6-17(16)24(19)20/h3-10H,11-12H2,1-2H3. The third-order valence-electron chi connectivity index (χ3n) is 4.41. The summed E-state index contributed by atoms with van der Waals surface area (Å²) in [6, 6.07) is 14.6. The predicted octanol–water partition coefficient (Wildman–Crippen LogP) is 3.11. The number of ketones is 1. The van der Waals surface area contributed by atoms with Gasteiger partial charge >= 0.3 is 0 Å². The van der Waals surface area contributed by atoms with Gasteiger partial charge in [-0.2, -0.15) is 0 Å². The largest absolute Gasteiger partial charge is 0.497 e. The highest BCUT2D eigenvalue weighted by molar-refractivity contribution is 7.99. The molecule has 2 aromatic heterocycles. The minimum Gasteiger partial charge on any atom is -0.497 e. The average Bonchev–Trinajstić information content (AvgIpc) is 3.12. The van der Waals surface area contributed by atoms with E-state index < -0.39 is 0 Å². The highest BCUT2D eigenvalue weighted by Crippen LogP contribution is 2.24. The first-order chi connectivity index (χ1) is 13.6. The SMILES string of the molecule is COc1ccc(-n2c(=O)c3ccccc3n3c(SCCC(C)=O)nnc23)cc1.